The second-order valence-electron chi connectivity index (χ2n) is 6.85. The summed E-state index contributed by atoms with van der Waals surface area (Å²) in [6, 6.07) is 13.5. The lowest BCUT2D eigenvalue weighted by Gasteiger charge is -2.37. The molecule has 2 saturated carbocycles. The van der Waals surface area contributed by atoms with Crippen LogP contribution in [0.15, 0.2) is 30.3 Å². The minimum Gasteiger partial charge on any atom is -0.314 e. The summed E-state index contributed by atoms with van der Waals surface area (Å²) in [6.07, 6.45) is 9.57. The van der Waals surface area contributed by atoms with E-state index in [1.807, 2.05) is 0 Å². The van der Waals surface area contributed by atoms with E-state index in [9.17, 15) is 0 Å². The molecule has 1 N–H and O–H groups in total. The zero-order valence-electron chi connectivity index (χ0n) is 13.4. The number of rotatable bonds is 7. The molecule has 0 unspecified atom stereocenters. The number of benzene rings is 1. The molecule has 2 aliphatic rings. The van der Waals surface area contributed by atoms with Gasteiger partial charge in [-0.2, -0.15) is 0 Å². The van der Waals surface area contributed by atoms with E-state index in [4.69, 9.17) is 0 Å². The number of hydrogen-bond acceptors (Lipinski definition) is 2. The van der Waals surface area contributed by atoms with Crippen molar-refractivity contribution in [2.75, 3.05) is 6.54 Å². The molecule has 0 amide bonds. The van der Waals surface area contributed by atoms with Gasteiger partial charge >= 0.3 is 0 Å². The highest BCUT2D eigenvalue weighted by Crippen LogP contribution is 2.35. The molecule has 2 nitrogen and oxygen atoms in total. The van der Waals surface area contributed by atoms with Gasteiger partial charge in [0.15, 0.2) is 0 Å². The summed E-state index contributed by atoms with van der Waals surface area (Å²) in [5.74, 6) is 0. The van der Waals surface area contributed by atoms with E-state index in [1.165, 1.54) is 57.1 Å². The zero-order valence-corrected chi connectivity index (χ0v) is 13.4. The van der Waals surface area contributed by atoms with E-state index in [0.717, 1.165) is 24.7 Å². The van der Waals surface area contributed by atoms with Gasteiger partial charge in [-0.3, -0.25) is 4.90 Å². The Labute approximate surface area is 129 Å². The summed E-state index contributed by atoms with van der Waals surface area (Å²) in [7, 11) is 0. The first-order valence-electron chi connectivity index (χ1n) is 8.90. The average Bonchev–Trinajstić information content (AvgIpc) is 3.37. The number of nitrogens with zero attached hydrogens (tertiary/aromatic N) is 1. The predicted molar refractivity (Wildman–Crippen MR) is 89.3 cm³/mol. The van der Waals surface area contributed by atoms with Gasteiger partial charge in [0.25, 0.3) is 0 Å². The van der Waals surface area contributed by atoms with Crippen molar-refractivity contribution < 1.29 is 0 Å². The maximum absolute atomic E-state index is 3.71. The minimum atomic E-state index is 0.777. The first-order valence-corrected chi connectivity index (χ1v) is 8.90. The molecular formula is C19H30N2. The Bertz CT molecular complexity index is 405. The molecule has 21 heavy (non-hydrogen) atoms. The Morgan fingerprint density at radius 2 is 1.57 bits per heavy atom. The molecule has 0 aromatic heterocycles. The third kappa shape index (κ3) is 4.31. The van der Waals surface area contributed by atoms with Gasteiger partial charge in [0.2, 0.25) is 0 Å². The Morgan fingerprint density at radius 1 is 0.952 bits per heavy atom. The van der Waals surface area contributed by atoms with Gasteiger partial charge < -0.3 is 5.32 Å². The van der Waals surface area contributed by atoms with Gasteiger partial charge in [-0.05, 0) is 57.1 Å². The first-order chi connectivity index (χ1) is 10.4. The molecule has 0 heterocycles. The average molecular weight is 286 g/mol. The molecule has 2 heteroatoms. The molecule has 0 bridgehead atoms. The van der Waals surface area contributed by atoms with Crippen molar-refractivity contribution >= 4 is 0 Å². The lowest BCUT2D eigenvalue weighted by molar-refractivity contribution is 0.127. The van der Waals surface area contributed by atoms with Crippen LogP contribution in [-0.4, -0.2) is 29.6 Å². The van der Waals surface area contributed by atoms with Gasteiger partial charge in [-0.15, -0.1) is 0 Å². The van der Waals surface area contributed by atoms with Crippen LogP contribution in [0.4, 0.5) is 0 Å². The van der Waals surface area contributed by atoms with Crippen LogP contribution in [-0.2, 0) is 6.54 Å². The largest absolute Gasteiger partial charge is 0.314 e. The number of hydrogen-bond donors (Lipinski definition) is 1. The fourth-order valence-electron chi connectivity index (χ4n) is 3.72. The Hall–Kier alpha value is -0.860. The highest BCUT2D eigenvalue weighted by Gasteiger charge is 2.35. The van der Waals surface area contributed by atoms with Crippen molar-refractivity contribution in [1.82, 2.24) is 10.2 Å². The summed E-state index contributed by atoms with van der Waals surface area (Å²) in [5.41, 5.74) is 1.48. The molecule has 1 aromatic rings. The number of nitrogens with one attached hydrogen (secondary N) is 1. The van der Waals surface area contributed by atoms with Crippen LogP contribution in [0.5, 0.6) is 0 Å². The van der Waals surface area contributed by atoms with Crippen LogP contribution < -0.4 is 5.32 Å². The lowest BCUT2D eigenvalue weighted by Crippen LogP contribution is -2.43. The maximum atomic E-state index is 3.71. The molecule has 2 fully saturated rings. The highest BCUT2D eigenvalue weighted by atomic mass is 15.2. The molecule has 3 rings (SSSR count). The van der Waals surface area contributed by atoms with Gasteiger partial charge in [0.05, 0.1) is 0 Å². The molecule has 0 saturated heterocycles. The van der Waals surface area contributed by atoms with Crippen LogP contribution in [0.2, 0.25) is 0 Å². The second kappa shape index (κ2) is 7.42. The summed E-state index contributed by atoms with van der Waals surface area (Å²) in [6.45, 7) is 4.60. The summed E-state index contributed by atoms with van der Waals surface area (Å²) < 4.78 is 0. The quantitative estimate of drug-likeness (QED) is 0.816. The van der Waals surface area contributed by atoms with Crippen molar-refractivity contribution in [2.45, 2.75) is 76.5 Å². The van der Waals surface area contributed by atoms with E-state index in [2.05, 4.69) is 47.5 Å². The van der Waals surface area contributed by atoms with E-state index in [1.54, 1.807) is 0 Å². The van der Waals surface area contributed by atoms with Crippen molar-refractivity contribution in [2.24, 2.45) is 0 Å². The van der Waals surface area contributed by atoms with Crippen LogP contribution in [0, 0.1) is 0 Å². The smallest absolute Gasteiger partial charge is 0.0239 e. The molecule has 116 valence electrons. The van der Waals surface area contributed by atoms with Crippen LogP contribution in [0.1, 0.15) is 57.4 Å². The third-order valence-corrected chi connectivity index (χ3v) is 5.07. The van der Waals surface area contributed by atoms with Crippen molar-refractivity contribution in [3.8, 4) is 0 Å². The van der Waals surface area contributed by atoms with Crippen molar-refractivity contribution in [1.29, 1.82) is 0 Å². The maximum Gasteiger partial charge on any atom is 0.0239 e. The second-order valence-corrected chi connectivity index (χ2v) is 6.85. The van der Waals surface area contributed by atoms with Crippen molar-refractivity contribution in [3.63, 3.8) is 0 Å². The Kier molecular flexibility index (Phi) is 5.32. The summed E-state index contributed by atoms with van der Waals surface area (Å²) >= 11 is 0. The van der Waals surface area contributed by atoms with E-state index < -0.39 is 0 Å². The molecule has 2 aliphatic carbocycles. The lowest BCUT2D eigenvalue weighted by atomic mass is 9.89. The minimum absolute atomic E-state index is 0.777. The molecule has 1 aromatic carbocycles. The molecule has 0 radical (unpaired) electrons. The van der Waals surface area contributed by atoms with E-state index in [-0.39, 0.29) is 0 Å². The highest BCUT2D eigenvalue weighted by molar-refractivity contribution is 5.15. The molecular weight excluding hydrogens is 256 g/mol. The van der Waals surface area contributed by atoms with Gasteiger partial charge in [0.1, 0.15) is 0 Å². The predicted octanol–water partition coefficient (Wildman–Crippen LogP) is 3.96. The SMILES string of the molecule is CCCNC1CCC(N(Cc2ccccc2)C2CC2)CC1. The molecule has 0 aliphatic heterocycles. The van der Waals surface area contributed by atoms with Crippen LogP contribution in [0.3, 0.4) is 0 Å². The van der Waals surface area contributed by atoms with Crippen LogP contribution >= 0.6 is 0 Å². The Morgan fingerprint density at radius 3 is 2.14 bits per heavy atom. The normalized spacial score (nSPS) is 26.2. The van der Waals surface area contributed by atoms with Gasteiger partial charge in [-0.1, -0.05) is 37.3 Å². The fraction of sp³-hybridized carbons (Fsp3) is 0.684. The first kappa shape index (κ1) is 15.1. The monoisotopic (exact) mass is 286 g/mol. The third-order valence-electron chi connectivity index (χ3n) is 5.07. The summed E-state index contributed by atoms with van der Waals surface area (Å²) in [5, 5.41) is 3.71. The molecule has 0 spiro atoms. The van der Waals surface area contributed by atoms with Gasteiger partial charge in [-0.25, -0.2) is 0 Å². The topological polar surface area (TPSA) is 15.3 Å². The zero-order chi connectivity index (χ0) is 14.5. The van der Waals surface area contributed by atoms with E-state index >= 15 is 0 Å². The summed E-state index contributed by atoms with van der Waals surface area (Å²) in [4.78, 5) is 2.81. The molecule has 0 atom stereocenters. The van der Waals surface area contributed by atoms with Crippen molar-refractivity contribution in [3.05, 3.63) is 35.9 Å². The van der Waals surface area contributed by atoms with E-state index in [0.29, 0.717) is 0 Å². The standard InChI is InChI=1S/C19H30N2/c1-2-14-20-17-8-10-18(11-9-17)21(19-12-13-19)15-16-6-4-3-5-7-16/h3-7,17-20H,2,8-15H2,1H3. The Balaban J connectivity index is 1.53. The fourth-order valence-corrected chi connectivity index (χ4v) is 3.72. The van der Waals surface area contributed by atoms with Gasteiger partial charge in [0, 0.05) is 24.7 Å². The van der Waals surface area contributed by atoms with Crippen LogP contribution in [0.25, 0.3) is 0 Å².